The summed E-state index contributed by atoms with van der Waals surface area (Å²) in [5, 5.41) is 0. The van der Waals surface area contributed by atoms with Crippen molar-refractivity contribution < 1.29 is 9.59 Å². The van der Waals surface area contributed by atoms with Gasteiger partial charge in [-0.25, -0.2) is 9.97 Å². The molecule has 2 amide bonds. The van der Waals surface area contributed by atoms with Gasteiger partial charge in [0.1, 0.15) is 11.6 Å². The molecule has 4 N–H and O–H groups in total. The number of nitrogens with zero attached hydrogens (tertiary/aromatic N) is 3. The van der Waals surface area contributed by atoms with E-state index in [1.807, 2.05) is 48.5 Å². The molecule has 0 atom stereocenters. The summed E-state index contributed by atoms with van der Waals surface area (Å²) in [5.74, 6) is 1.30. The van der Waals surface area contributed by atoms with Crippen molar-refractivity contribution in [2.75, 3.05) is 13.1 Å². The Morgan fingerprint density at radius 3 is 1.58 bits per heavy atom. The number of carbonyl (C=O) groups is 2. The molecule has 0 bridgehead atoms. The molecule has 1 aliphatic rings. The van der Waals surface area contributed by atoms with Crippen molar-refractivity contribution in [3.63, 3.8) is 0 Å². The molecule has 10 heteroatoms. The Balaban J connectivity index is 0.000000221. The van der Waals surface area contributed by atoms with Gasteiger partial charge >= 0.3 is 0 Å². The van der Waals surface area contributed by atoms with E-state index in [0.717, 1.165) is 40.1 Å². The molecule has 0 saturated carbocycles. The second kappa shape index (κ2) is 11.8. The minimum Gasteiger partial charge on any atom is -0.342 e. The van der Waals surface area contributed by atoms with E-state index >= 15 is 0 Å². The predicted molar refractivity (Wildman–Crippen MR) is 145 cm³/mol. The van der Waals surface area contributed by atoms with Gasteiger partial charge < -0.3 is 15.7 Å². The molecule has 2 aromatic heterocycles. The van der Waals surface area contributed by atoms with Crippen molar-refractivity contribution in [2.45, 2.75) is 12.8 Å². The fourth-order valence-electron chi connectivity index (χ4n) is 4.04. The first kappa shape index (κ1) is 26.9. The molecule has 0 fully saturated rings. The molecule has 0 unspecified atom stereocenters. The second-order valence-electron chi connectivity index (χ2n) is 8.00. The minimum absolute atomic E-state index is 0. The monoisotopic (exact) mass is 524 g/mol. The van der Waals surface area contributed by atoms with E-state index in [0.29, 0.717) is 30.6 Å². The number of para-hydroxylation sites is 4. The van der Waals surface area contributed by atoms with Crippen LogP contribution in [0.1, 0.15) is 32.4 Å². The van der Waals surface area contributed by atoms with Crippen LogP contribution in [0.3, 0.4) is 0 Å². The Hall–Kier alpha value is -3.72. The van der Waals surface area contributed by atoms with Gasteiger partial charge in [-0.1, -0.05) is 36.4 Å². The maximum absolute atomic E-state index is 12.3. The quantitative estimate of drug-likeness (QED) is 0.296. The lowest BCUT2D eigenvalue weighted by molar-refractivity contribution is 0.0655. The van der Waals surface area contributed by atoms with Gasteiger partial charge in [-0.3, -0.25) is 14.5 Å². The average Bonchev–Trinajstić information content (AvgIpc) is 3.53. The van der Waals surface area contributed by atoms with Crippen molar-refractivity contribution in [2.24, 2.45) is 5.73 Å². The molecule has 0 saturated heterocycles. The Morgan fingerprint density at radius 2 is 1.11 bits per heavy atom. The lowest BCUT2D eigenvalue weighted by atomic mass is 10.1. The van der Waals surface area contributed by atoms with Crippen LogP contribution >= 0.6 is 24.8 Å². The number of imidazole rings is 2. The SMILES string of the molecule is Cl.Cl.NCCc1nc2ccccc2[nH]1.O=C1c2ccccc2C(=O)N1CCc1nc2ccccc2[nH]1. The molecule has 3 aromatic carbocycles. The van der Waals surface area contributed by atoms with Crippen LogP contribution in [-0.4, -0.2) is 49.7 Å². The summed E-state index contributed by atoms with van der Waals surface area (Å²) in [4.78, 5) is 41.1. The van der Waals surface area contributed by atoms with Crippen LogP contribution in [0.5, 0.6) is 0 Å². The molecule has 3 heterocycles. The van der Waals surface area contributed by atoms with Crippen LogP contribution in [0.25, 0.3) is 22.1 Å². The van der Waals surface area contributed by atoms with Crippen molar-refractivity contribution in [3.05, 3.63) is 95.6 Å². The summed E-state index contributed by atoms with van der Waals surface area (Å²) in [7, 11) is 0. The van der Waals surface area contributed by atoms with Gasteiger partial charge in [-0.15, -0.1) is 24.8 Å². The summed E-state index contributed by atoms with van der Waals surface area (Å²) < 4.78 is 0. The minimum atomic E-state index is -0.225. The predicted octanol–water partition coefficient (Wildman–Crippen LogP) is 4.31. The summed E-state index contributed by atoms with van der Waals surface area (Å²) in [6, 6.07) is 22.7. The van der Waals surface area contributed by atoms with Crippen LogP contribution in [0, 0.1) is 0 Å². The van der Waals surface area contributed by atoms with Gasteiger partial charge in [0.05, 0.1) is 33.2 Å². The summed E-state index contributed by atoms with van der Waals surface area (Å²) in [6.45, 7) is 0.964. The highest BCUT2D eigenvalue weighted by Crippen LogP contribution is 2.22. The second-order valence-corrected chi connectivity index (χ2v) is 8.00. The van der Waals surface area contributed by atoms with Crippen LogP contribution in [0.2, 0.25) is 0 Å². The van der Waals surface area contributed by atoms with Crippen molar-refractivity contribution in [3.8, 4) is 0 Å². The smallest absolute Gasteiger partial charge is 0.261 e. The number of fused-ring (bicyclic) bond motifs is 3. The number of halogens is 2. The molecular formula is C26H26Cl2N6O2. The topological polar surface area (TPSA) is 121 Å². The van der Waals surface area contributed by atoms with Gasteiger partial charge in [0, 0.05) is 19.4 Å². The standard InChI is InChI=1S/C17H13N3O2.C9H11N3.2ClH/c21-16-11-5-1-2-6-12(11)17(22)20(16)10-9-15-18-13-7-3-4-8-14(13)19-15;10-6-5-9-11-7-3-1-2-4-8(7)12-9;;/h1-8H,9-10H2,(H,18,19);1-4H,5-6,10H2,(H,11,12);2*1H. The average molecular weight is 525 g/mol. The molecule has 8 nitrogen and oxygen atoms in total. The number of H-pyrrole nitrogens is 2. The largest absolute Gasteiger partial charge is 0.342 e. The van der Waals surface area contributed by atoms with Crippen LogP contribution in [-0.2, 0) is 12.8 Å². The third-order valence-electron chi connectivity index (χ3n) is 5.71. The Kier molecular flexibility index (Phi) is 8.82. The summed E-state index contributed by atoms with van der Waals surface area (Å²) in [6.07, 6.45) is 1.33. The van der Waals surface area contributed by atoms with E-state index in [1.54, 1.807) is 24.3 Å². The number of nitrogens with two attached hydrogens (primary N) is 1. The lowest BCUT2D eigenvalue weighted by Crippen LogP contribution is -2.31. The number of rotatable bonds is 5. The van der Waals surface area contributed by atoms with Crippen LogP contribution in [0.4, 0.5) is 0 Å². The summed E-state index contributed by atoms with van der Waals surface area (Å²) >= 11 is 0. The maximum Gasteiger partial charge on any atom is 0.261 e. The molecule has 0 spiro atoms. The number of aromatic amines is 2. The highest BCUT2D eigenvalue weighted by Gasteiger charge is 2.34. The number of hydrogen-bond donors (Lipinski definition) is 3. The number of nitrogens with one attached hydrogen (secondary N) is 2. The molecule has 5 aromatic rings. The van der Waals surface area contributed by atoms with Gasteiger partial charge in [-0.2, -0.15) is 0 Å². The number of benzene rings is 3. The lowest BCUT2D eigenvalue weighted by Gasteiger charge is -2.12. The zero-order valence-corrected chi connectivity index (χ0v) is 20.9. The number of imide groups is 1. The number of carbonyl (C=O) groups excluding carboxylic acids is 2. The highest BCUT2D eigenvalue weighted by atomic mass is 35.5. The van der Waals surface area contributed by atoms with Crippen LogP contribution in [0.15, 0.2) is 72.8 Å². The Bertz CT molecular complexity index is 1400. The number of aromatic nitrogens is 4. The molecule has 36 heavy (non-hydrogen) atoms. The number of amides is 2. The third kappa shape index (κ3) is 5.41. The molecule has 186 valence electrons. The first-order chi connectivity index (χ1) is 16.6. The van der Waals surface area contributed by atoms with Crippen molar-refractivity contribution in [1.29, 1.82) is 0 Å². The number of hydrogen-bond acceptors (Lipinski definition) is 5. The molecule has 0 aliphatic carbocycles. The van der Waals surface area contributed by atoms with Gasteiger partial charge in [0.15, 0.2) is 0 Å². The van der Waals surface area contributed by atoms with Crippen molar-refractivity contribution in [1.82, 2.24) is 24.8 Å². The molecule has 6 rings (SSSR count). The molecule has 0 radical (unpaired) electrons. The highest BCUT2D eigenvalue weighted by molar-refractivity contribution is 6.21. The van der Waals surface area contributed by atoms with Gasteiger partial charge in [0.25, 0.3) is 11.8 Å². The van der Waals surface area contributed by atoms with E-state index in [2.05, 4.69) is 19.9 Å². The molecule has 1 aliphatic heterocycles. The maximum atomic E-state index is 12.3. The normalized spacial score (nSPS) is 12.1. The zero-order valence-electron chi connectivity index (χ0n) is 19.3. The Morgan fingerprint density at radius 1 is 0.667 bits per heavy atom. The van der Waals surface area contributed by atoms with Gasteiger partial charge in [-0.05, 0) is 42.9 Å². The first-order valence-corrected chi connectivity index (χ1v) is 11.2. The fourth-order valence-corrected chi connectivity index (χ4v) is 4.04. The van der Waals surface area contributed by atoms with E-state index < -0.39 is 0 Å². The summed E-state index contributed by atoms with van der Waals surface area (Å²) in [5.41, 5.74) is 10.3. The van der Waals surface area contributed by atoms with E-state index in [-0.39, 0.29) is 36.6 Å². The van der Waals surface area contributed by atoms with Gasteiger partial charge in [0.2, 0.25) is 0 Å². The van der Waals surface area contributed by atoms with Crippen LogP contribution < -0.4 is 5.73 Å². The van der Waals surface area contributed by atoms with Crippen molar-refractivity contribution >= 4 is 58.7 Å². The zero-order chi connectivity index (χ0) is 23.5. The molecular weight excluding hydrogens is 499 g/mol. The fraction of sp³-hybridized carbons (Fsp3) is 0.154. The Labute approximate surface area is 220 Å². The van der Waals surface area contributed by atoms with E-state index in [1.165, 1.54) is 4.90 Å². The van der Waals surface area contributed by atoms with E-state index in [4.69, 9.17) is 5.73 Å². The van der Waals surface area contributed by atoms with E-state index in [9.17, 15) is 9.59 Å². The third-order valence-corrected chi connectivity index (χ3v) is 5.71. The first-order valence-electron chi connectivity index (χ1n) is 11.2.